The predicted octanol–water partition coefficient (Wildman–Crippen LogP) is 1.48. The molecule has 1 aromatic carbocycles. The summed E-state index contributed by atoms with van der Waals surface area (Å²) in [5, 5.41) is 0. The maximum absolute atomic E-state index is 5.54. The fourth-order valence-corrected chi connectivity index (χ4v) is 1.34. The van der Waals surface area contributed by atoms with E-state index in [0.717, 1.165) is 5.75 Å². The Bertz CT molecular complexity index is 254. The number of para-hydroxylation sites is 1. The Hall–Kier alpha value is -1.06. The van der Waals surface area contributed by atoms with Crippen LogP contribution in [-0.2, 0) is 9.47 Å². The summed E-state index contributed by atoms with van der Waals surface area (Å²) in [7, 11) is 0. The van der Waals surface area contributed by atoms with Gasteiger partial charge in [-0.05, 0) is 12.1 Å². The summed E-state index contributed by atoms with van der Waals surface area (Å²) in [6.07, 6.45) is 0.0731. The first-order chi connectivity index (χ1) is 6.95. The molecule has 1 heterocycles. The largest absolute Gasteiger partial charge is 0.491 e. The van der Waals surface area contributed by atoms with Gasteiger partial charge in [0, 0.05) is 0 Å². The Morgan fingerprint density at radius 2 is 2.07 bits per heavy atom. The van der Waals surface area contributed by atoms with E-state index < -0.39 is 0 Å². The van der Waals surface area contributed by atoms with Gasteiger partial charge in [-0.1, -0.05) is 18.2 Å². The van der Waals surface area contributed by atoms with Gasteiger partial charge in [0.05, 0.1) is 19.8 Å². The van der Waals surface area contributed by atoms with E-state index in [1.807, 2.05) is 30.3 Å². The molecule has 0 aliphatic carbocycles. The molecule has 76 valence electrons. The fraction of sp³-hybridized carbons (Fsp3) is 0.455. The van der Waals surface area contributed by atoms with Gasteiger partial charge in [0.15, 0.2) is 0 Å². The van der Waals surface area contributed by atoms with Crippen molar-refractivity contribution in [1.29, 1.82) is 0 Å². The number of rotatable bonds is 3. The Morgan fingerprint density at radius 1 is 1.21 bits per heavy atom. The highest BCUT2D eigenvalue weighted by molar-refractivity contribution is 5.20. The molecule has 2 rings (SSSR count). The Kier molecular flexibility index (Phi) is 3.38. The van der Waals surface area contributed by atoms with Crippen LogP contribution in [0, 0.1) is 0 Å². The molecule has 3 nitrogen and oxygen atoms in total. The highest BCUT2D eigenvalue weighted by Gasteiger charge is 2.14. The van der Waals surface area contributed by atoms with Crippen molar-refractivity contribution in [3.05, 3.63) is 30.3 Å². The molecule has 14 heavy (non-hydrogen) atoms. The molecule has 0 bridgehead atoms. The molecule has 1 unspecified atom stereocenters. The third-order valence-corrected chi connectivity index (χ3v) is 2.06. The second-order valence-electron chi connectivity index (χ2n) is 3.19. The van der Waals surface area contributed by atoms with Crippen LogP contribution in [0.15, 0.2) is 30.3 Å². The second-order valence-corrected chi connectivity index (χ2v) is 3.19. The van der Waals surface area contributed by atoms with Crippen LogP contribution in [0.5, 0.6) is 5.75 Å². The van der Waals surface area contributed by atoms with Gasteiger partial charge in [0.2, 0.25) is 0 Å². The number of benzene rings is 1. The SMILES string of the molecule is c1ccc(OCC2COCCO2)cc1. The minimum absolute atomic E-state index is 0.0731. The maximum atomic E-state index is 5.54. The smallest absolute Gasteiger partial charge is 0.119 e. The summed E-state index contributed by atoms with van der Waals surface area (Å²) < 4.78 is 16.3. The minimum Gasteiger partial charge on any atom is -0.491 e. The molecule has 0 spiro atoms. The summed E-state index contributed by atoms with van der Waals surface area (Å²) >= 11 is 0. The van der Waals surface area contributed by atoms with E-state index in [9.17, 15) is 0 Å². The number of hydrogen-bond donors (Lipinski definition) is 0. The Balaban J connectivity index is 1.76. The lowest BCUT2D eigenvalue weighted by Crippen LogP contribution is -2.33. The van der Waals surface area contributed by atoms with Crippen LogP contribution in [0.2, 0.25) is 0 Å². The zero-order chi connectivity index (χ0) is 9.64. The van der Waals surface area contributed by atoms with Crippen LogP contribution in [0.4, 0.5) is 0 Å². The van der Waals surface area contributed by atoms with E-state index in [4.69, 9.17) is 14.2 Å². The van der Waals surface area contributed by atoms with Gasteiger partial charge >= 0.3 is 0 Å². The van der Waals surface area contributed by atoms with Gasteiger partial charge < -0.3 is 14.2 Å². The van der Waals surface area contributed by atoms with Crippen LogP contribution in [0.3, 0.4) is 0 Å². The molecular formula is C11H14O3. The van der Waals surface area contributed by atoms with Gasteiger partial charge in [0.25, 0.3) is 0 Å². The lowest BCUT2D eigenvalue weighted by molar-refractivity contribution is -0.101. The van der Waals surface area contributed by atoms with Crippen molar-refractivity contribution in [1.82, 2.24) is 0 Å². The summed E-state index contributed by atoms with van der Waals surface area (Å²) in [6.45, 7) is 2.56. The van der Waals surface area contributed by atoms with Gasteiger partial charge in [-0.25, -0.2) is 0 Å². The normalized spacial score (nSPS) is 21.9. The van der Waals surface area contributed by atoms with E-state index in [1.165, 1.54) is 0 Å². The van der Waals surface area contributed by atoms with Gasteiger partial charge in [-0.2, -0.15) is 0 Å². The first-order valence-corrected chi connectivity index (χ1v) is 4.82. The highest BCUT2D eigenvalue weighted by Crippen LogP contribution is 2.10. The van der Waals surface area contributed by atoms with Crippen LogP contribution >= 0.6 is 0 Å². The van der Waals surface area contributed by atoms with E-state index in [1.54, 1.807) is 0 Å². The molecule has 1 aliphatic heterocycles. The average Bonchev–Trinajstić information content (AvgIpc) is 2.29. The lowest BCUT2D eigenvalue weighted by atomic mass is 10.3. The summed E-state index contributed by atoms with van der Waals surface area (Å²) in [5.41, 5.74) is 0. The van der Waals surface area contributed by atoms with Crippen LogP contribution in [0.25, 0.3) is 0 Å². The topological polar surface area (TPSA) is 27.7 Å². The van der Waals surface area contributed by atoms with Crippen molar-refractivity contribution < 1.29 is 14.2 Å². The zero-order valence-corrected chi connectivity index (χ0v) is 8.02. The molecule has 0 aromatic heterocycles. The van der Waals surface area contributed by atoms with Gasteiger partial charge in [-0.15, -0.1) is 0 Å². The monoisotopic (exact) mass is 194 g/mol. The highest BCUT2D eigenvalue weighted by atomic mass is 16.6. The van der Waals surface area contributed by atoms with Gasteiger partial charge in [0.1, 0.15) is 18.5 Å². The van der Waals surface area contributed by atoms with Crippen molar-refractivity contribution in [2.45, 2.75) is 6.10 Å². The van der Waals surface area contributed by atoms with E-state index in [-0.39, 0.29) is 6.10 Å². The Labute approximate surface area is 83.6 Å². The maximum Gasteiger partial charge on any atom is 0.119 e. The number of hydrogen-bond acceptors (Lipinski definition) is 3. The van der Waals surface area contributed by atoms with Crippen molar-refractivity contribution in [3.8, 4) is 5.75 Å². The molecule has 0 radical (unpaired) electrons. The van der Waals surface area contributed by atoms with Crippen LogP contribution < -0.4 is 4.74 Å². The lowest BCUT2D eigenvalue weighted by Gasteiger charge is -2.22. The van der Waals surface area contributed by atoms with Crippen LogP contribution in [0.1, 0.15) is 0 Å². The zero-order valence-electron chi connectivity index (χ0n) is 8.02. The van der Waals surface area contributed by atoms with E-state index in [2.05, 4.69) is 0 Å². The summed E-state index contributed by atoms with van der Waals surface area (Å²) in [6, 6.07) is 9.74. The van der Waals surface area contributed by atoms with Crippen LogP contribution in [-0.4, -0.2) is 32.5 Å². The fourth-order valence-electron chi connectivity index (χ4n) is 1.34. The molecule has 1 aromatic rings. The average molecular weight is 194 g/mol. The quantitative estimate of drug-likeness (QED) is 0.729. The Morgan fingerprint density at radius 3 is 2.79 bits per heavy atom. The molecule has 1 atom stereocenters. The second kappa shape index (κ2) is 4.98. The van der Waals surface area contributed by atoms with Crippen molar-refractivity contribution in [2.75, 3.05) is 26.4 Å². The molecule has 1 aliphatic rings. The number of ether oxygens (including phenoxy) is 3. The van der Waals surface area contributed by atoms with Crippen molar-refractivity contribution in [3.63, 3.8) is 0 Å². The first-order valence-electron chi connectivity index (χ1n) is 4.82. The van der Waals surface area contributed by atoms with Crippen molar-refractivity contribution in [2.24, 2.45) is 0 Å². The molecule has 3 heteroatoms. The summed E-state index contributed by atoms with van der Waals surface area (Å²) in [4.78, 5) is 0. The first kappa shape index (κ1) is 9.49. The molecule has 1 fully saturated rings. The molecule has 1 saturated heterocycles. The van der Waals surface area contributed by atoms with Crippen molar-refractivity contribution >= 4 is 0 Å². The van der Waals surface area contributed by atoms with E-state index in [0.29, 0.717) is 26.4 Å². The third kappa shape index (κ3) is 2.72. The van der Waals surface area contributed by atoms with E-state index >= 15 is 0 Å². The molecule has 0 amide bonds. The molecule has 0 saturated carbocycles. The third-order valence-electron chi connectivity index (χ3n) is 2.06. The predicted molar refractivity (Wildman–Crippen MR) is 52.5 cm³/mol. The minimum atomic E-state index is 0.0731. The molecule has 0 N–H and O–H groups in total. The van der Waals surface area contributed by atoms with Gasteiger partial charge in [-0.3, -0.25) is 0 Å². The standard InChI is InChI=1S/C11H14O3/c1-2-4-10(5-3-1)14-9-11-8-12-6-7-13-11/h1-5,11H,6-9H2. The molecular weight excluding hydrogens is 180 g/mol. The summed E-state index contributed by atoms with van der Waals surface area (Å²) in [5.74, 6) is 0.877.